The van der Waals surface area contributed by atoms with Crippen molar-refractivity contribution in [2.45, 2.75) is 51.4 Å². The minimum Gasteiger partial charge on any atom is -0.487 e. The van der Waals surface area contributed by atoms with Crippen LogP contribution in [0.5, 0.6) is 11.5 Å². The maximum absolute atomic E-state index is 13.3. The van der Waals surface area contributed by atoms with Crippen molar-refractivity contribution >= 4 is 0 Å². The van der Waals surface area contributed by atoms with Gasteiger partial charge >= 0.3 is 0 Å². The van der Waals surface area contributed by atoms with Crippen LogP contribution in [0.3, 0.4) is 0 Å². The van der Waals surface area contributed by atoms with Gasteiger partial charge in [-0.2, -0.15) is 0 Å². The third kappa shape index (κ3) is 5.91. The Morgan fingerprint density at radius 1 is 0.731 bits per heavy atom. The van der Waals surface area contributed by atoms with Crippen LogP contribution in [-0.2, 0) is 0 Å². The van der Waals surface area contributed by atoms with Crippen LogP contribution in [0.15, 0.2) is 12.1 Å². The molecule has 0 N–H and O–H groups in total. The van der Waals surface area contributed by atoms with E-state index in [9.17, 15) is 35.1 Å². The van der Waals surface area contributed by atoms with Gasteiger partial charge in [-0.1, -0.05) is 13.8 Å². The first-order valence-electron chi connectivity index (χ1n) is 7.68. The second-order valence-electron chi connectivity index (χ2n) is 5.49. The molecule has 0 spiro atoms. The number of ether oxygens (including phenoxy) is 2. The van der Waals surface area contributed by atoms with Crippen LogP contribution in [0, 0.1) is 0 Å². The summed E-state index contributed by atoms with van der Waals surface area (Å²) in [5, 5.41) is 0. The van der Waals surface area contributed by atoms with Gasteiger partial charge in [0.2, 0.25) is 0 Å². The van der Waals surface area contributed by atoms with E-state index >= 15 is 0 Å². The lowest BCUT2D eigenvalue weighted by Crippen LogP contribution is -2.26. The van der Waals surface area contributed by atoms with Crippen molar-refractivity contribution in [1.82, 2.24) is 0 Å². The van der Waals surface area contributed by atoms with Gasteiger partial charge in [0.1, 0.15) is 11.5 Å². The lowest BCUT2D eigenvalue weighted by atomic mass is 10.1. The topological polar surface area (TPSA) is 18.5 Å². The lowest BCUT2D eigenvalue weighted by molar-refractivity contribution is -0.0464. The highest BCUT2D eigenvalue weighted by molar-refractivity contribution is 5.50. The first-order valence-corrected chi connectivity index (χ1v) is 7.68. The molecule has 0 bridgehead atoms. The van der Waals surface area contributed by atoms with E-state index in [4.69, 9.17) is 0 Å². The van der Waals surface area contributed by atoms with Gasteiger partial charge in [-0.3, -0.25) is 0 Å². The third-order valence-electron chi connectivity index (χ3n) is 3.56. The van der Waals surface area contributed by atoms with E-state index in [1.165, 1.54) is 0 Å². The summed E-state index contributed by atoms with van der Waals surface area (Å²) in [6.07, 6.45) is -8.32. The zero-order valence-electron chi connectivity index (χ0n) is 14.0. The summed E-state index contributed by atoms with van der Waals surface area (Å²) in [5.41, 5.74) is -2.71. The summed E-state index contributed by atoms with van der Waals surface area (Å²) in [6.45, 7) is -0.320. The van der Waals surface area contributed by atoms with E-state index in [2.05, 4.69) is 9.47 Å². The third-order valence-corrected chi connectivity index (χ3v) is 3.56. The van der Waals surface area contributed by atoms with Gasteiger partial charge in [0.25, 0.3) is 24.7 Å². The number of hydrogen-bond donors (Lipinski definition) is 0. The van der Waals surface area contributed by atoms with Gasteiger partial charge in [0.05, 0.1) is 11.1 Å². The minimum atomic E-state index is -3.51. The molecule has 0 atom stereocenters. The smallest absolute Gasteiger partial charge is 0.281 e. The fraction of sp³-hybridized carbons (Fsp3) is 0.625. The molecule has 0 aliphatic heterocycles. The Bertz CT molecular complexity index is 539. The van der Waals surface area contributed by atoms with Crippen LogP contribution in [0.1, 0.15) is 50.7 Å². The number of halogens is 8. The Labute approximate surface area is 145 Å². The highest BCUT2D eigenvalue weighted by Gasteiger charge is 2.33. The summed E-state index contributed by atoms with van der Waals surface area (Å²) in [5.74, 6) is -8.44. The SMILES string of the molecule is CCC(F)(F)COc1ccc(OCC(F)(F)CC)c(C(F)F)c1C(F)F. The van der Waals surface area contributed by atoms with Crippen LogP contribution >= 0.6 is 0 Å². The number of hydrogen-bond acceptors (Lipinski definition) is 2. The molecule has 2 nitrogen and oxygen atoms in total. The van der Waals surface area contributed by atoms with Crippen molar-refractivity contribution in [3.05, 3.63) is 23.3 Å². The summed E-state index contributed by atoms with van der Waals surface area (Å²) in [4.78, 5) is 0. The maximum atomic E-state index is 13.3. The molecule has 0 amide bonds. The summed E-state index contributed by atoms with van der Waals surface area (Å²) in [6, 6.07) is 1.44. The molecule has 1 aromatic carbocycles. The summed E-state index contributed by atoms with van der Waals surface area (Å²) >= 11 is 0. The van der Waals surface area contributed by atoms with Crippen LogP contribution in [0.2, 0.25) is 0 Å². The molecule has 1 rings (SSSR count). The zero-order chi connectivity index (χ0) is 20.1. The Hall–Kier alpha value is -1.74. The molecule has 26 heavy (non-hydrogen) atoms. The van der Waals surface area contributed by atoms with Crippen molar-refractivity contribution in [2.24, 2.45) is 0 Å². The fourth-order valence-electron chi connectivity index (χ4n) is 1.87. The molecule has 0 heterocycles. The number of benzene rings is 1. The molecule has 0 radical (unpaired) electrons. The monoisotopic (exact) mass is 394 g/mol. The van der Waals surface area contributed by atoms with Crippen molar-refractivity contribution in [3.63, 3.8) is 0 Å². The lowest BCUT2D eigenvalue weighted by Gasteiger charge is -2.22. The normalized spacial score (nSPS) is 12.8. The molecule has 0 saturated heterocycles. The number of alkyl halides is 8. The van der Waals surface area contributed by atoms with E-state index in [0.717, 1.165) is 26.0 Å². The molecular formula is C16H18F8O2. The number of rotatable bonds is 10. The molecule has 0 saturated carbocycles. The highest BCUT2D eigenvalue weighted by Crippen LogP contribution is 2.43. The molecule has 150 valence electrons. The summed E-state index contributed by atoms with van der Waals surface area (Å²) in [7, 11) is 0. The van der Waals surface area contributed by atoms with Gasteiger partial charge in [-0.05, 0) is 12.1 Å². The Morgan fingerprint density at radius 3 is 1.27 bits per heavy atom. The van der Waals surface area contributed by atoms with E-state index < -0.39 is 73.4 Å². The second-order valence-corrected chi connectivity index (χ2v) is 5.49. The molecule has 0 fully saturated rings. The van der Waals surface area contributed by atoms with Crippen LogP contribution in [0.4, 0.5) is 35.1 Å². The largest absolute Gasteiger partial charge is 0.487 e. The first-order chi connectivity index (χ1) is 11.9. The van der Waals surface area contributed by atoms with Crippen molar-refractivity contribution in [3.8, 4) is 11.5 Å². The Morgan fingerprint density at radius 2 is 1.04 bits per heavy atom. The quantitative estimate of drug-likeness (QED) is 0.427. The van der Waals surface area contributed by atoms with Gasteiger partial charge in [0.15, 0.2) is 13.2 Å². The minimum absolute atomic E-state index is 0.647. The van der Waals surface area contributed by atoms with Gasteiger partial charge in [-0.15, -0.1) is 0 Å². The predicted octanol–water partition coefficient (Wildman–Crippen LogP) is 6.41. The molecule has 0 aliphatic carbocycles. The predicted molar refractivity (Wildman–Crippen MR) is 77.8 cm³/mol. The van der Waals surface area contributed by atoms with Crippen LogP contribution in [-0.4, -0.2) is 25.1 Å². The molecule has 10 heteroatoms. The average Bonchev–Trinajstić information content (AvgIpc) is 2.57. The fourth-order valence-corrected chi connectivity index (χ4v) is 1.87. The van der Waals surface area contributed by atoms with E-state index in [-0.39, 0.29) is 0 Å². The van der Waals surface area contributed by atoms with Crippen molar-refractivity contribution in [2.75, 3.05) is 13.2 Å². The van der Waals surface area contributed by atoms with Gasteiger partial charge in [0, 0.05) is 12.8 Å². The maximum Gasteiger partial charge on any atom is 0.281 e. The molecule has 0 unspecified atom stereocenters. The first kappa shape index (κ1) is 22.3. The highest BCUT2D eigenvalue weighted by atomic mass is 19.3. The molecular weight excluding hydrogens is 376 g/mol. The van der Waals surface area contributed by atoms with Gasteiger partial charge < -0.3 is 9.47 Å². The standard InChI is InChI=1S/C16H18F8O2/c1-3-15(21,22)7-25-9-5-6-10(26-8-16(23,24)4-2)12(14(19)20)11(9)13(17)18/h5-6,13-14H,3-4,7-8H2,1-2H3. The Balaban J connectivity index is 3.25. The van der Waals surface area contributed by atoms with Crippen LogP contribution in [0.25, 0.3) is 0 Å². The average molecular weight is 394 g/mol. The van der Waals surface area contributed by atoms with Gasteiger partial charge in [-0.25, -0.2) is 35.1 Å². The summed E-state index contributed by atoms with van der Waals surface area (Å²) < 4.78 is 115. The Kier molecular flexibility index (Phi) is 7.52. The second kappa shape index (κ2) is 8.77. The molecule has 0 aromatic heterocycles. The zero-order valence-corrected chi connectivity index (χ0v) is 14.0. The van der Waals surface area contributed by atoms with E-state index in [1.54, 1.807) is 0 Å². The van der Waals surface area contributed by atoms with Crippen LogP contribution < -0.4 is 9.47 Å². The van der Waals surface area contributed by atoms with Crippen molar-refractivity contribution in [1.29, 1.82) is 0 Å². The van der Waals surface area contributed by atoms with E-state index in [1.807, 2.05) is 0 Å². The molecule has 1 aromatic rings. The van der Waals surface area contributed by atoms with Crippen molar-refractivity contribution < 1.29 is 44.6 Å². The van der Waals surface area contributed by atoms with E-state index in [0.29, 0.717) is 0 Å². The molecule has 0 aliphatic rings.